The Kier molecular flexibility index (Phi) is 24.6. The summed E-state index contributed by atoms with van der Waals surface area (Å²) < 4.78 is 513. The quantitative estimate of drug-likeness (QED) is 0.0164. The Bertz CT molecular complexity index is 2650. The van der Waals surface area contributed by atoms with E-state index < -0.39 is 236 Å². The zero-order valence-electron chi connectivity index (χ0n) is 43.6. The van der Waals surface area contributed by atoms with E-state index in [9.17, 15) is 183 Å². The van der Waals surface area contributed by atoms with Crippen molar-refractivity contribution in [1.82, 2.24) is 0 Å². The maximum Gasteiger partial charge on any atom is 0.519 e. The number of nitrogens with zero attached hydrogens (tertiary/aromatic N) is 2. The van der Waals surface area contributed by atoms with Crippen LogP contribution < -0.4 is 9.47 Å². The number of halogens is 36. The molecule has 0 N–H and O–H groups in total. The molecule has 0 spiro atoms. The Balaban J connectivity index is 2.72. The van der Waals surface area contributed by atoms with Crippen LogP contribution in [-0.2, 0) is 31.8 Å². The minimum absolute atomic E-state index is 0.140. The van der Waals surface area contributed by atoms with E-state index in [1.807, 2.05) is 0 Å². The summed E-state index contributed by atoms with van der Waals surface area (Å²) in [4.78, 5) is 33.8. The van der Waals surface area contributed by atoms with Crippen molar-refractivity contribution in [3.63, 3.8) is 0 Å². The Hall–Kier alpha value is -6.17. The third-order valence-corrected chi connectivity index (χ3v) is 11.9. The highest BCUT2D eigenvalue weighted by molar-refractivity contribution is 5.69. The molecule has 0 bridgehead atoms. The summed E-state index contributed by atoms with van der Waals surface area (Å²) in [5, 5.41) is 23.3. The molecule has 0 aliphatic heterocycles. The van der Waals surface area contributed by atoms with Gasteiger partial charge in [-0.05, 0) is 12.1 Å². The molecular formula is C43H32F36N2O11. The fourth-order valence-electron chi connectivity index (χ4n) is 6.70. The number of benzene rings is 2. The first kappa shape index (κ1) is 81.9. The van der Waals surface area contributed by atoms with Gasteiger partial charge in [0.2, 0.25) is 0 Å². The smallest absolute Gasteiger partial charge is 0.394 e. The highest BCUT2D eigenvalue weighted by Gasteiger charge is 2.84. The van der Waals surface area contributed by atoms with Gasteiger partial charge in [0.05, 0.1) is 61.7 Å². The van der Waals surface area contributed by atoms with Gasteiger partial charge >= 0.3 is 102 Å². The highest BCUT2D eigenvalue weighted by atomic mass is 19.5. The maximum atomic E-state index is 14.4. The first-order chi connectivity index (χ1) is 40.8. The molecule has 532 valence electrons. The van der Waals surface area contributed by atoms with Crippen molar-refractivity contribution in [3.05, 3.63) is 67.8 Å². The van der Waals surface area contributed by atoms with Crippen LogP contribution in [0, 0.1) is 20.2 Å². The number of nitro benzene ring substituents is 2. The maximum absolute atomic E-state index is 14.4. The lowest BCUT2D eigenvalue weighted by molar-refractivity contribution is -0.397. The fraction of sp³-hybridized carbons (Fsp3) is 0.698. The van der Waals surface area contributed by atoms with E-state index in [0.29, 0.717) is 0 Å². The van der Waals surface area contributed by atoms with Crippen molar-refractivity contribution in [2.45, 2.75) is 147 Å². The minimum atomic E-state index is -7.59. The molecular weight excluding hydrogens is 1400 g/mol. The Morgan fingerprint density at radius 1 is 0.359 bits per heavy atom. The molecule has 0 saturated heterocycles. The molecule has 49 heteroatoms. The third kappa shape index (κ3) is 17.4. The molecule has 0 aliphatic rings. The molecule has 2 rings (SSSR count). The van der Waals surface area contributed by atoms with Crippen LogP contribution in [-0.4, -0.2) is 164 Å². The molecule has 0 aliphatic carbocycles. The van der Waals surface area contributed by atoms with Crippen molar-refractivity contribution < 1.29 is 201 Å². The van der Waals surface area contributed by atoms with Crippen molar-refractivity contribution in [3.8, 4) is 11.5 Å². The van der Waals surface area contributed by atoms with Crippen molar-refractivity contribution in [1.29, 1.82) is 0 Å². The van der Waals surface area contributed by atoms with Gasteiger partial charge in [0, 0.05) is 73.9 Å². The first-order valence-corrected chi connectivity index (χ1v) is 23.4. The number of carbonyl (C=O) groups excluding carboxylic acids is 1. The molecule has 2 aromatic rings. The second-order valence-corrected chi connectivity index (χ2v) is 18.5. The third-order valence-electron chi connectivity index (χ3n) is 11.9. The number of carbonyl (C=O) groups is 1. The van der Waals surface area contributed by atoms with Crippen LogP contribution in [0.3, 0.4) is 0 Å². The molecule has 0 fully saturated rings. The molecule has 13 nitrogen and oxygen atoms in total. The number of hydrogen-bond donors (Lipinski definition) is 0. The average molecular weight is 1440 g/mol. The lowest BCUT2D eigenvalue weighted by atomic mass is 10.0. The Morgan fingerprint density at radius 2 is 0.587 bits per heavy atom. The molecule has 2 atom stereocenters. The molecule has 0 aromatic heterocycles. The van der Waals surface area contributed by atoms with Gasteiger partial charge in [-0.2, -0.15) is 158 Å². The lowest BCUT2D eigenvalue weighted by Crippen LogP contribution is -2.61. The van der Waals surface area contributed by atoms with E-state index in [0.717, 1.165) is 0 Å². The van der Waals surface area contributed by atoms with Gasteiger partial charge in [-0.25, -0.2) is 4.79 Å². The first-order valence-electron chi connectivity index (χ1n) is 23.4. The normalized spacial score (nSPS) is 15.3. The summed E-state index contributed by atoms with van der Waals surface area (Å²) in [7, 11) is 0. The van der Waals surface area contributed by atoms with Crippen molar-refractivity contribution in [2.24, 2.45) is 0 Å². The second-order valence-electron chi connectivity index (χ2n) is 18.5. The predicted molar refractivity (Wildman–Crippen MR) is 223 cm³/mol. The molecule has 92 heavy (non-hydrogen) atoms. The number of ether oxygens (including phenoxy) is 6. The molecule has 0 heterocycles. The molecule has 2 unspecified atom stereocenters. The standard InChI is InChI=1S/C43H32F36N2O11/c44-28(45,32(52,53)36(60,61)40(68,69)70)5-9-87-17-23(89-11-7-30(48,49)34(56,57)38(64,65)42(74,75)76)15-19-13-21(80(83)84)1-3-25(19)91-27(82)92-26-4-2-22(81(85)86)14-20(26)16-24(90-12-8-31(50,51)35(58,59)39(66,67)43(77,78)79)18-88-10-6-29(46,47)33(54,55)37(62,63)41(71,72)73/h1-4,13-14,23-24H,5-12,15-18H2. The summed E-state index contributed by atoms with van der Waals surface area (Å²) in [5.41, 5.74) is -4.87. The van der Waals surface area contributed by atoms with Gasteiger partial charge in [0.15, 0.2) is 0 Å². The van der Waals surface area contributed by atoms with Crippen LogP contribution in [0.2, 0.25) is 0 Å². The van der Waals surface area contributed by atoms with Gasteiger partial charge in [0.25, 0.3) is 11.4 Å². The van der Waals surface area contributed by atoms with E-state index in [4.69, 9.17) is 9.47 Å². The van der Waals surface area contributed by atoms with E-state index in [-0.39, 0.29) is 36.4 Å². The highest BCUT2D eigenvalue weighted by Crippen LogP contribution is 2.58. The SMILES string of the molecule is O=C(Oc1ccc([N+](=O)[O-])cc1CC(COCCC(F)(F)C(F)(F)C(F)(F)C(F)(F)F)OCCC(F)(F)C(F)(F)C(F)(F)C(F)(F)F)Oc1ccc([N+](=O)[O-])cc1CC(COCCC(F)(F)C(F)(F)C(F)(F)C(F)(F)F)OCCC(F)(F)C(F)(F)C(F)(F)C(F)(F)F. The number of alkyl halides is 36. The fourth-order valence-corrected chi connectivity index (χ4v) is 6.70. The predicted octanol–water partition coefficient (Wildman–Crippen LogP) is 16.4. The monoisotopic (exact) mass is 1440 g/mol. The van der Waals surface area contributed by atoms with Crippen LogP contribution >= 0.6 is 0 Å². The van der Waals surface area contributed by atoms with Crippen molar-refractivity contribution >= 4 is 17.5 Å². The lowest BCUT2D eigenvalue weighted by Gasteiger charge is -2.34. The zero-order chi connectivity index (χ0) is 72.3. The number of non-ortho nitro benzene ring substituents is 2. The van der Waals surface area contributed by atoms with Gasteiger partial charge in [-0.1, -0.05) is 0 Å². The van der Waals surface area contributed by atoms with Crippen LogP contribution in [0.1, 0.15) is 36.8 Å². The van der Waals surface area contributed by atoms with Gasteiger partial charge < -0.3 is 28.4 Å². The van der Waals surface area contributed by atoms with E-state index in [2.05, 4.69) is 18.9 Å². The topological polar surface area (TPSA) is 159 Å². The van der Waals surface area contributed by atoms with E-state index >= 15 is 0 Å². The summed E-state index contributed by atoms with van der Waals surface area (Å²) in [6, 6.07) is 1.30. The summed E-state index contributed by atoms with van der Waals surface area (Å²) in [5.74, 6) is -88.5. The summed E-state index contributed by atoms with van der Waals surface area (Å²) in [6.07, 6.45) is -52.5. The molecule has 0 radical (unpaired) electrons. The van der Waals surface area contributed by atoms with E-state index in [1.165, 1.54) is 0 Å². The van der Waals surface area contributed by atoms with Gasteiger partial charge in [0.1, 0.15) is 11.5 Å². The zero-order valence-corrected chi connectivity index (χ0v) is 43.6. The summed E-state index contributed by atoms with van der Waals surface area (Å²) >= 11 is 0. The average Bonchev–Trinajstić information content (AvgIpc) is 0.769. The Morgan fingerprint density at radius 3 is 0.804 bits per heavy atom. The van der Waals surface area contributed by atoms with Crippen molar-refractivity contribution in [2.75, 3.05) is 39.6 Å². The van der Waals surface area contributed by atoms with Crippen LogP contribution in [0.5, 0.6) is 11.5 Å². The number of nitro groups is 2. The minimum Gasteiger partial charge on any atom is -0.394 e. The number of hydrogen-bond acceptors (Lipinski definition) is 11. The molecule has 0 amide bonds. The van der Waals surface area contributed by atoms with Gasteiger partial charge in [-0.15, -0.1) is 0 Å². The van der Waals surface area contributed by atoms with Crippen LogP contribution in [0.15, 0.2) is 36.4 Å². The largest absolute Gasteiger partial charge is 0.519 e. The molecule has 0 saturated carbocycles. The Labute approximate surface area is 484 Å². The molecule has 2 aromatic carbocycles. The van der Waals surface area contributed by atoms with E-state index in [1.54, 1.807) is 0 Å². The van der Waals surface area contributed by atoms with Gasteiger partial charge in [-0.3, -0.25) is 20.2 Å². The van der Waals surface area contributed by atoms with Crippen LogP contribution in [0.4, 0.5) is 174 Å². The summed E-state index contributed by atoms with van der Waals surface area (Å²) in [6.45, 7) is -12.8. The van der Waals surface area contributed by atoms with Crippen LogP contribution in [0.25, 0.3) is 0 Å². The second kappa shape index (κ2) is 27.7. The number of rotatable bonds is 34.